The molecule has 0 saturated heterocycles. The quantitative estimate of drug-likeness (QED) is 0.320. The average Bonchev–Trinajstić information content (AvgIpc) is 3.22. The van der Waals surface area contributed by atoms with Gasteiger partial charge in [0, 0.05) is 0 Å². The van der Waals surface area contributed by atoms with E-state index in [-0.39, 0.29) is 5.56 Å². The fourth-order valence-corrected chi connectivity index (χ4v) is 5.56. The third kappa shape index (κ3) is 4.97. The summed E-state index contributed by atoms with van der Waals surface area (Å²) >= 11 is 1.30. The largest absolute Gasteiger partial charge is 0.466 e. The summed E-state index contributed by atoms with van der Waals surface area (Å²) in [5.74, 6) is 1.28. The van der Waals surface area contributed by atoms with Crippen LogP contribution in [0.3, 0.4) is 0 Å². The van der Waals surface area contributed by atoms with Crippen molar-refractivity contribution in [3.63, 3.8) is 0 Å². The second kappa shape index (κ2) is 10.6. The molecule has 1 aliphatic heterocycles. The molecule has 192 valence electrons. The molecule has 0 radical (unpaired) electrons. The first kappa shape index (κ1) is 25.4. The zero-order valence-corrected chi connectivity index (χ0v) is 22.5. The minimum atomic E-state index is -0.630. The van der Waals surface area contributed by atoms with E-state index < -0.39 is 12.0 Å². The van der Waals surface area contributed by atoms with E-state index in [1.807, 2.05) is 84.9 Å². The zero-order chi connectivity index (χ0) is 26.8. The summed E-state index contributed by atoms with van der Waals surface area (Å²) in [4.78, 5) is 31.8. The van der Waals surface area contributed by atoms with E-state index >= 15 is 0 Å². The molecule has 0 unspecified atom stereocenters. The van der Waals surface area contributed by atoms with Gasteiger partial charge in [0.1, 0.15) is 11.5 Å². The van der Waals surface area contributed by atoms with Gasteiger partial charge in [0.15, 0.2) is 4.80 Å². The number of ether oxygens (including phenoxy) is 2. The van der Waals surface area contributed by atoms with Gasteiger partial charge in [-0.25, -0.2) is 9.79 Å². The van der Waals surface area contributed by atoms with Gasteiger partial charge in [0.2, 0.25) is 0 Å². The van der Waals surface area contributed by atoms with Crippen LogP contribution in [0.2, 0.25) is 0 Å². The molecule has 0 saturated carbocycles. The SMILES string of the molecule is COC(=O)C1=C(C)N=c2s/c(=C\c3cccc(Oc4ccccc4)c3)c(=O)n2[C@@H]1c1ccc(C(C)C)cc1. The van der Waals surface area contributed by atoms with Crippen LogP contribution < -0.4 is 19.6 Å². The molecule has 3 aromatic carbocycles. The molecule has 38 heavy (non-hydrogen) atoms. The maximum Gasteiger partial charge on any atom is 0.338 e. The van der Waals surface area contributed by atoms with E-state index in [2.05, 4.69) is 18.8 Å². The number of hydrogen-bond acceptors (Lipinski definition) is 6. The molecule has 0 amide bonds. The van der Waals surface area contributed by atoms with Gasteiger partial charge in [-0.2, -0.15) is 0 Å². The van der Waals surface area contributed by atoms with Crippen molar-refractivity contribution in [2.45, 2.75) is 32.7 Å². The lowest BCUT2D eigenvalue weighted by Gasteiger charge is -2.24. The Balaban J connectivity index is 1.61. The minimum Gasteiger partial charge on any atom is -0.466 e. The molecule has 2 heterocycles. The number of allylic oxidation sites excluding steroid dienone is 1. The maximum absolute atomic E-state index is 13.8. The zero-order valence-electron chi connectivity index (χ0n) is 21.7. The van der Waals surface area contributed by atoms with E-state index in [9.17, 15) is 9.59 Å². The highest BCUT2D eigenvalue weighted by atomic mass is 32.1. The van der Waals surface area contributed by atoms with Gasteiger partial charge in [-0.3, -0.25) is 9.36 Å². The predicted octanol–water partition coefficient (Wildman–Crippen LogP) is 5.32. The van der Waals surface area contributed by atoms with Crippen molar-refractivity contribution in [2.75, 3.05) is 7.11 Å². The first-order valence-electron chi connectivity index (χ1n) is 12.4. The van der Waals surface area contributed by atoms with Crippen LogP contribution in [-0.4, -0.2) is 17.6 Å². The molecule has 0 bridgehead atoms. The Morgan fingerprint density at radius 2 is 1.71 bits per heavy atom. The summed E-state index contributed by atoms with van der Waals surface area (Å²) < 4.78 is 13.2. The lowest BCUT2D eigenvalue weighted by molar-refractivity contribution is -0.136. The number of methoxy groups -OCH3 is 1. The first-order chi connectivity index (χ1) is 18.4. The van der Waals surface area contributed by atoms with Gasteiger partial charge in [-0.1, -0.05) is 79.8 Å². The van der Waals surface area contributed by atoms with Gasteiger partial charge in [0.05, 0.1) is 29.0 Å². The predicted molar refractivity (Wildman–Crippen MR) is 149 cm³/mol. The fourth-order valence-electron chi connectivity index (χ4n) is 4.52. The number of thiazole rings is 1. The number of rotatable bonds is 6. The summed E-state index contributed by atoms with van der Waals surface area (Å²) in [6, 6.07) is 24.5. The topological polar surface area (TPSA) is 69.9 Å². The number of aromatic nitrogens is 1. The molecule has 0 N–H and O–H groups in total. The van der Waals surface area contributed by atoms with Gasteiger partial charge >= 0.3 is 5.97 Å². The third-order valence-corrected chi connectivity index (χ3v) is 7.46. The van der Waals surface area contributed by atoms with Gasteiger partial charge in [-0.05, 0) is 59.9 Å². The van der Waals surface area contributed by atoms with Crippen molar-refractivity contribution >= 4 is 23.4 Å². The summed E-state index contributed by atoms with van der Waals surface area (Å²) in [5, 5.41) is 0. The van der Waals surface area contributed by atoms with E-state index in [0.717, 1.165) is 16.9 Å². The number of hydrogen-bond donors (Lipinski definition) is 0. The van der Waals surface area contributed by atoms with E-state index in [4.69, 9.17) is 9.47 Å². The molecule has 6 nitrogen and oxygen atoms in total. The third-order valence-electron chi connectivity index (χ3n) is 6.48. The Labute approximate surface area is 224 Å². The highest BCUT2D eigenvalue weighted by Crippen LogP contribution is 2.31. The number of carbonyl (C=O) groups excluding carboxylic acids is 1. The Morgan fingerprint density at radius 3 is 2.39 bits per heavy atom. The second-order valence-corrected chi connectivity index (χ2v) is 10.4. The van der Waals surface area contributed by atoms with Crippen LogP contribution in [0.1, 0.15) is 49.4 Å². The van der Waals surface area contributed by atoms with Crippen molar-refractivity contribution in [3.05, 3.63) is 127 Å². The summed E-state index contributed by atoms with van der Waals surface area (Å²) in [7, 11) is 1.34. The van der Waals surface area contributed by atoms with E-state index in [1.54, 1.807) is 11.5 Å². The van der Waals surface area contributed by atoms with Crippen molar-refractivity contribution in [1.29, 1.82) is 0 Å². The molecule has 1 atom stereocenters. The summed E-state index contributed by atoms with van der Waals surface area (Å²) in [6.45, 7) is 6.03. The summed E-state index contributed by atoms with van der Waals surface area (Å²) in [6.07, 6.45) is 1.83. The number of para-hydroxylation sites is 1. The molecule has 4 aromatic rings. The van der Waals surface area contributed by atoms with Gasteiger partial charge in [-0.15, -0.1) is 0 Å². The van der Waals surface area contributed by atoms with Crippen LogP contribution in [0, 0.1) is 0 Å². The summed E-state index contributed by atoms with van der Waals surface area (Å²) in [5.41, 5.74) is 3.53. The molecule has 0 spiro atoms. The molecular weight excluding hydrogens is 496 g/mol. The van der Waals surface area contributed by atoms with Crippen LogP contribution in [-0.2, 0) is 9.53 Å². The van der Waals surface area contributed by atoms with Gasteiger partial charge in [0.25, 0.3) is 5.56 Å². The fraction of sp³-hybridized carbons (Fsp3) is 0.194. The van der Waals surface area contributed by atoms with Crippen LogP contribution in [0.4, 0.5) is 0 Å². The van der Waals surface area contributed by atoms with Crippen molar-refractivity contribution in [1.82, 2.24) is 4.57 Å². The van der Waals surface area contributed by atoms with Gasteiger partial charge < -0.3 is 9.47 Å². The lowest BCUT2D eigenvalue weighted by Crippen LogP contribution is -2.39. The van der Waals surface area contributed by atoms with Crippen molar-refractivity contribution in [3.8, 4) is 11.5 Å². The number of fused-ring (bicyclic) bond motifs is 1. The highest BCUT2D eigenvalue weighted by molar-refractivity contribution is 7.07. The van der Waals surface area contributed by atoms with Crippen LogP contribution in [0.5, 0.6) is 11.5 Å². The normalized spacial score (nSPS) is 15.3. The molecule has 1 aromatic heterocycles. The van der Waals surface area contributed by atoms with Crippen molar-refractivity contribution < 1.29 is 14.3 Å². The first-order valence-corrected chi connectivity index (χ1v) is 13.2. The standard InChI is InChI=1S/C31H28N2O4S/c1-19(2)22-13-15-23(16-14-22)28-27(30(35)36-4)20(3)32-31-33(28)29(34)26(38-31)18-21-9-8-12-25(17-21)37-24-10-6-5-7-11-24/h5-19,28H,1-4H3/b26-18-/t28-/m1/s1. The lowest BCUT2D eigenvalue weighted by atomic mass is 9.93. The number of esters is 1. The molecule has 0 fully saturated rings. The number of nitrogens with zero attached hydrogens (tertiary/aromatic N) is 2. The van der Waals surface area contributed by atoms with Crippen LogP contribution in [0.25, 0.3) is 6.08 Å². The molecule has 5 rings (SSSR count). The Kier molecular flexibility index (Phi) is 7.11. The van der Waals surface area contributed by atoms with Crippen LogP contribution >= 0.6 is 11.3 Å². The van der Waals surface area contributed by atoms with Crippen LogP contribution in [0.15, 0.2) is 99.9 Å². The molecule has 0 aliphatic carbocycles. The van der Waals surface area contributed by atoms with E-state index in [1.165, 1.54) is 24.0 Å². The Hall–Kier alpha value is -4.23. The second-order valence-electron chi connectivity index (χ2n) is 9.38. The number of carbonyl (C=O) groups is 1. The Bertz CT molecular complexity index is 1700. The molecule has 7 heteroatoms. The maximum atomic E-state index is 13.8. The highest BCUT2D eigenvalue weighted by Gasteiger charge is 2.33. The molecular formula is C31H28N2O4S. The monoisotopic (exact) mass is 524 g/mol. The number of benzene rings is 3. The average molecular weight is 525 g/mol. The minimum absolute atomic E-state index is 0.213. The Morgan fingerprint density at radius 1 is 1.00 bits per heavy atom. The van der Waals surface area contributed by atoms with Crippen molar-refractivity contribution in [2.24, 2.45) is 4.99 Å². The smallest absolute Gasteiger partial charge is 0.338 e. The van der Waals surface area contributed by atoms with E-state index in [0.29, 0.717) is 32.3 Å². The molecule has 1 aliphatic rings.